The second kappa shape index (κ2) is 7.36. The second-order valence-corrected chi connectivity index (χ2v) is 9.03. The fourth-order valence-electron chi connectivity index (χ4n) is 3.82. The molecule has 3 N–H and O–H groups in total. The maximum absolute atomic E-state index is 13.1. The molecular weight excluding hydrogens is 358 g/mol. The van der Waals surface area contributed by atoms with E-state index < -0.39 is 15.9 Å². The number of nitrogens with one attached hydrogen (secondary N) is 1. The van der Waals surface area contributed by atoms with Gasteiger partial charge in [-0.2, -0.15) is 5.10 Å². The molecule has 2 amide bonds. The molecule has 0 saturated carbocycles. The first-order chi connectivity index (χ1) is 12.3. The lowest BCUT2D eigenvalue weighted by Gasteiger charge is -2.39. The summed E-state index contributed by atoms with van der Waals surface area (Å²) in [6.07, 6.45) is 4.99. The number of piperidine rings is 2. The van der Waals surface area contributed by atoms with Gasteiger partial charge >= 0.3 is 0 Å². The van der Waals surface area contributed by atoms with Crippen LogP contribution in [-0.4, -0.2) is 65.5 Å². The Morgan fingerprint density at radius 1 is 1.19 bits per heavy atom. The number of rotatable bonds is 4. The number of hydrogen-bond donors (Lipinski definition) is 2. The molecule has 0 unspecified atom stereocenters. The van der Waals surface area contributed by atoms with E-state index in [0.717, 1.165) is 25.0 Å². The monoisotopic (exact) mass is 383 g/mol. The normalized spacial score (nSPS) is 23.1. The largest absolute Gasteiger partial charge is 0.364 e. The smallest absolute Gasteiger partial charge is 0.269 e. The Labute approximate surface area is 153 Å². The maximum Gasteiger partial charge on any atom is 0.269 e. The van der Waals surface area contributed by atoms with E-state index in [-0.39, 0.29) is 23.6 Å². The third-order valence-corrected chi connectivity index (χ3v) is 6.57. The predicted octanol–water partition coefficient (Wildman–Crippen LogP) is 0.234. The molecule has 2 fully saturated rings. The van der Waals surface area contributed by atoms with Crippen LogP contribution < -0.4 is 5.73 Å². The third-order valence-electron chi connectivity index (χ3n) is 5.27. The number of aromatic amines is 1. The first-order valence-electron chi connectivity index (χ1n) is 8.88. The molecule has 0 aliphatic carbocycles. The Morgan fingerprint density at radius 2 is 1.88 bits per heavy atom. The minimum Gasteiger partial charge on any atom is -0.364 e. The summed E-state index contributed by atoms with van der Waals surface area (Å²) in [4.78, 5) is 26.2. The Bertz CT molecular complexity index is 782. The zero-order valence-electron chi connectivity index (χ0n) is 14.8. The second-order valence-electron chi connectivity index (χ2n) is 7.05. The zero-order chi connectivity index (χ0) is 18.9. The molecule has 1 aromatic heterocycles. The van der Waals surface area contributed by atoms with E-state index in [2.05, 4.69) is 10.2 Å². The summed E-state index contributed by atoms with van der Waals surface area (Å²) in [6, 6.07) is 1.47. The summed E-state index contributed by atoms with van der Waals surface area (Å²) in [6.45, 7) is 1.41. The molecule has 0 radical (unpaired) electrons. The molecular formula is C16H25N5O4S. The summed E-state index contributed by atoms with van der Waals surface area (Å²) >= 11 is 0. The lowest BCUT2D eigenvalue weighted by atomic mass is 9.92. The molecule has 1 aromatic rings. The number of hydrogen-bond acceptors (Lipinski definition) is 5. The van der Waals surface area contributed by atoms with Crippen molar-refractivity contribution in [1.82, 2.24) is 19.4 Å². The Balaban J connectivity index is 1.71. The molecule has 9 nitrogen and oxygen atoms in total. The van der Waals surface area contributed by atoms with E-state index in [1.165, 1.54) is 10.6 Å². The van der Waals surface area contributed by atoms with Gasteiger partial charge < -0.3 is 10.6 Å². The van der Waals surface area contributed by atoms with Crippen LogP contribution in [0.15, 0.2) is 6.07 Å². The summed E-state index contributed by atoms with van der Waals surface area (Å²) in [5.41, 5.74) is 6.15. The van der Waals surface area contributed by atoms with Crippen LogP contribution in [0.1, 0.15) is 54.3 Å². The van der Waals surface area contributed by atoms with Gasteiger partial charge in [0.2, 0.25) is 15.9 Å². The standard InChI is InChI=1S/C16H25N5O4S/c1-26(24,25)20-8-5-11(6-9-20)16(23)21-7-3-2-4-14(21)12-10-13(15(17)22)19-18-12/h10-11,14H,2-9H2,1H3,(H2,17,22)(H,18,19)/t14-/m1/s1. The van der Waals surface area contributed by atoms with Crippen LogP contribution >= 0.6 is 0 Å². The number of carbonyl (C=O) groups excluding carboxylic acids is 2. The molecule has 3 rings (SSSR count). The van der Waals surface area contributed by atoms with Crippen LogP contribution in [0.4, 0.5) is 0 Å². The van der Waals surface area contributed by atoms with Gasteiger partial charge in [0.05, 0.1) is 18.0 Å². The van der Waals surface area contributed by atoms with Crippen LogP contribution in [0, 0.1) is 5.92 Å². The van der Waals surface area contributed by atoms with Gasteiger partial charge in [-0.25, -0.2) is 12.7 Å². The van der Waals surface area contributed by atoms with Gasteiger partial charge in [-0.15, -0.1) is 0 Å². The Hall–Kier alpha value is -1.94. The summed E-state index contributed by atoms with van der Waals surface area (Å²) < 4.78 is 24.7. The van der Waals surface area contributed by atoms with Crippen LogP contribution in [0.2, 0.25) is 0 Å². The van der Waals surface area contributed by atoms with Crippen molar-refractivity contribution in [1.29, 1.82) is 0 Å². The van der Waals surface area contributed by atoms with Crippen molar-refractivity contribution < 1.29 is 18.0 Å². The van der Waals surface area contributed by atoms with Crippen molar-refractivity contribution in [3.63, 3.8) is 0 Å². The summed E-state index contributed by atoms with van der Waals surface area (Å²) in [5.74, 6) is -0.723. The van der Waals surface area contributed by atoms with Crippen molar-refractivity contribution in [2.24, 2.45) is 11.7 Å². The number of nitrogens with zero attached hydrogens (tertiary/aromatic N) is 3. The number of H-pyrrole nitrogens is 1. The number of nitrogens with two attached hydrogens (primary N) is 1. The topological polar surface area (TPSA) is 129 Å². The van der Waals surface area contributed by atoms with Crippen molar-refractivity contribution in [3.05, 3.63) is 17.5 Å². The minimum absolute atomic E-state index is 0.0538. The van der Waals surface area contributed by atoms with Crippen LogP contribution in [-0.2, 0) is 14.8 Å². The fourth-order valence-corrected chi connectivity index (χ4v) is 4.70. The number of sulfonamides is 1. The van der Waals surface area contributed by atoms with Gasteiger partial charge in [0.1, 0.15) is 5.69 Å². The van der Waals surface area contributed by atoms with E-state index in [1.807, 2.05) is 4.90 Å². The van der Waals surface area contributed by atoms with Crippen LogP contribution in [0.3, 0.4) is 0 Å². The summed E-state index contributed by atoms with van der Waals surface area (Å²) in [7, 11) is -3.21. The van der Waals surface area contributed by atoms with Crippen LogP contribution in [0.5, 0.6) is 0 Å². The molecule has 26 heavy (non-hydrogen) atoms. The SMILES string of the molecule is CS(=O)(=O)N1CCC(C(=O)N2CCCC[C@@H]2c2cc(C(N)=O)n[nH]2)CC1. The fraction of sp³-hybridized carbons (Fsp3) is 0.688. The Kier molecular flexibility index (Phi) is 5.33. The molecule has 10 heteroatoms. The average molecular weight is 383 g/mol. The Morgan fingerprint density at radius 3 is 2.46 bits per heavy atom. The van der Waals surface area contributed by atoms with Crippen molar-refractivity contribution in [3.8, 4) is 0 Å². The molecule has 0 spiro atoms. The molecule has 2 aliphatic heterocycles. The quantitative estimate of drug-likeness (QED) is 0.769. The number of amides is 2. The van der Waals surface area contributed by atoms with Crippen molar-refractivity contribution in [2.45, 2.75) is 38.1 Å². The first kappa shape index (κ1) is 18.8. The minimum atomic E-state index is -3.21. The van der Waals surface area contributed by atoms with Crippen molar-refractivity contribution >= 4 is 21.8 Å². The molecule has 144 valence electrons. The molecule has 2 aliphatic rings. The molecule has 0 aromatic carbocycles. The van der Waals surface area contributed by atoms with Gasteiger partial charge in [-0.3, -0.25) is 14.7 Å². The highest BCUT2D eigenvalue weighted by Crippen LogP contribution is 2.33. The van der Waals surface area contributed by atoms with Crippen LogP contribution in [0.25, 0.3) is 0 Å². The number of aromatic nitrogens is 2. The highest BCUT2D eigenvalue weighted by Gasteiger charge is 2.36. The first-order valence-corrected chi connectivity index (χ1v) is 10.7. The van der Waals surface area contributed by atoms with E-state index in [9.17, 15) is 18.0 Å². The molecule has 0 bridgehead atoms. The number of carbonyl (C=O) groups is 2. The van der Waals surface area contributed by atoms with Gasteiger partial charge in [-0.1, -0.05) is 0 Å². The van der Waals surface area contributed by atoms with E-state index in [4.69, 9.17) is 5.73 Å². The lowest BCUT2D eigenvalue weighted by molar-refractivity contribution is -0.140. The number of primary amides is 1. The summed E-state index contributed by atoms with van der Waals surface area (Å²) in [5, 5.41) is 6.76. The highest BCUT2D eigenvalue weighted by molar-refractivity contribution is 7.88. The molecule has 3 heterocycles. The lowest BCUT2D eigenvalue weighted by Crippen LogP contribution is -2.46. The predicted molar refractivity (Wildman–Crippen MR) is 94.6 cm³/mol. The molecule has 2 saturated heterocycles. The highest BCUT2D eigenvalue weighted by atomic mass is 32.2. The van der Waals surface area contributed by atoms with Gasteiger partial charge in [-0.05, 0) is 38.2 Å². The van der Waals surface area contributed by atoms with Gasteiger partial charge in [0, 0.05) is 25.6 Å². The number of likely N-dealkylation sites (tertiary alicyclic amines) is 1. The van der Waals surface area contributed by atoms with E-state index >= 15 is 0 Å². The maximum atomic E-state index is 13.1. The molecule has 1 atom stereocenters. The zero-order valence-corrected chi connectivity index (χ0v) is 15.7. The van der Waals surface area contributed by atoms with Gasteiger partial charge in [0.15, 0.2) is 0 Å². The van der Waals surface area contributed by atoms with E-state index in [0.29, 0.717) is 32.5 Å². The third kappa shape index (κ3) is 3.90. The van der Waals surface area contributed by atoms with E-state index in [1.54, 1.807) is 6.07 Å². The average Bonchev–Trinajstić information content (AvgIpc) is 3.11. The van der Waals surface area contributed by atoms with Gasteiger partial charge in [0.25, 0.3) is 5.91 Å². The van der Waals surface area contributed by atoms with Crippen molar-refractivity contribution in [2.75, 3.05) is 25.9 Å².